The molecule has 9 heteroatoms. The van der Waals surface area contributed by atoms with E-state index < -0.39 is 17.5 Å². The highest BCUT2D eigenvalue weighted by molar-refractivity contribution is 7.15. The van der Waals surface area contributed by atoms with Crippen LogP contribution >= 0.6 is 11.3 Å². The van der Waals surface area contributed by atoms with Gasteiger partial charge < -0.3 is 11.1 Å². The lowest BCUT2D eigenvalue weighted by molar-refractivity contribution is -0.111. The molecule has 29 heavy (non-hydrogen) atoms. The summed E-state index contributed by atoms with van der Waals surface area (Å²) in [6.07, 6.45) is 3.96. The van der Waals surface area contributed by atoms with E-state index in [0.717, 1.165) is 16.0 Å². The molecule has 1 unspecified atom stereocenters. The number of carbonyl (C=O) groups is 1. The zero-order valence-electron chi connectivity index (χ0n) is 15.9. The second-order valence-corrected chi connectivity index (χ2v) is 8.46. The molecule has 4 rings (SSSR count). The summed E-state index contributed by atoms with van der Waals surface area (Å²) in [5.41, 5.74) is 6.72. The Morgan fingerprint density at radius 3 is 2.86 bits per heavy atom. The van der Waals surface area contributed by atoms with Gasteiger partial charge in [0.15, 0.2) is 11.3 Å². The molecule has 0 aliphatic heterocycles. The number of nitrogens with one attached hydrogen (secondary N) is 1. The molecule has 152 valence electrons. The van der Waals surface area contributed by atoms with Gasteiger partial charge in [-0.1, -0.05) is 6.58 Å². The summed E-state index contributed by atoms with van der Waals surface area (Å²) in [4.78, 5) is 18.2. The van der Waals surface area contributed by atoms with Gasteiger partial charge in [0.05, 0.1) is 16.8 Å². The van der Waals surface area contributed by atoms with Crippen molar-refractivity contribution in [3.8, 4) is 11.3 Å². The van der Waals surface area contributed by atoms with Gasteiger partial charge in [0.25, 0.3) is 11.8 Å². The Balaban J connectivity index is 1.72. The van der Waals surface area contributed by atoms with Crippen LogP contribution in [0.5, 0.6) is 0 Å². The minimum Gasteiger partial charge on any atom is -0.328 e. The lowest BCUT2D eigenvalue weighted by Crippen LogP contribution is -2.68. The highest BCUT2D eigenvalue weighted by atomic mass is 32.1. The van der Waals surface area contributed by atoms with Crippen molar-refractivity contribution in [3.63, 3.8) is 0 Å². The standard InChI is InChI=1S/C20H21F2N5OS/c1-12(2)17-13(14-11-24-16-6-5-9-25-27(14)16)10-15(29-17)18(28)26-20(23)8-4-3-7-19(20,21)22/h5-6,9-11H,1,3-4,7-8,23H2,2H3,(H,26,28). The lowest BCUT2D eigenvalue weighted by atomic mass is 9.85. The number of hydrogen-bond donors (Lipinski definition) is 2. The molecule has 1 saturated carbocycles. The number of rotatable bonds is 4. The number of allylic oxidation sites excluding steroid dienone is 1. The summed E-state index contributed by atoms with van der Waals surface area (Å²) >= 11 is 1.19. The average Bonchev–Trinajstić information content (AvgIpc) is 3.28. The maximum Gasteiger partial charge on any atom is 0.283 e. The number of alkyl halides is 2. The second-order valence-electron chi connectivity index (χ2n) is 7.41. The monoisotopic (exact) mass is 417 g/mol. The molecule has 6 nitrogen and oxygen atoms in total. The summed E-state index contributed by atoms with van der Waals surface area (Å²) < 4.78 is 30.4. The predicted molar refractivity (Wildman–Crippen MR) is 109 cm³/mol. The third-order valence-corrected chi connectivity index (χ3v) is 6.49. The van der Waals surface area contributed by atoms with Gasteiger partial charge in [0.1, 0.15) is 0 Å². The molecular weight excluding hydrogens is 396 g/mol. The zero-order chi connectivity index (χ0) is 20.8. The van der Waals surface area contributed by atoms with Crippen LogP contribution in [0.1, 0.15) is 47.2 Å². The maximum absolute atomic E-state index is 14.4. The molecule has 1 fully saturated rings. The normalized spacial score (nSPS) is 21.2. The minimum absolute atomic E-state index is 0.0362. The van der Waals surface area contributed by atoms with Crippen LogP contribution in [0.15, 0.2) is 37.2 Å². The van der Waals surface area contributed by atoms with E-state index in [-0.39, 0.29) is 17.7 Å². The van der Waals surface area contributed by atoms with Crippen LogP contribution in [0.2, 0.25) is 0 Å². The topological polar surface area (TPSA) is 85.3 Å². The van der Waals surface area contributed by atoms with Crippen molar-refractivity contribution in [2.24, 2.45) is 5.73 Å². The number of fused-ring (bicyclic) bond motifs is 1. The van der Waals surface area contributed by atoms with Crippen molar-refractivity contribution >= 4 is 28.5 Å². The summed E-state index contributed by atoms with van der Waals surface area (Å²) in [5.74, 6) is -3.77. The number of amides is 1. The highest BCUT2D eigenvalue weighted by Crippen LogP contribution is 2.40. The Kier molecular flexibility index (Phi) is 4.74. The van der Waals surface area contributed by atoms with E-state index >= 15 is 0 Å². The molecule has 3 heterocycles. The van der Waals surface area contributed by atoms with Crippen molar-refractivity contribution < 1.29 is 13.6 Å². The Morgan fingerprint density at radius 1 is 1.38 bits per heavy atom. The first kappa shape index (κ1) is 19.7. The van der Waals surface area contributed by atoms with Gasteiger partial charge in [-0.15, -0.1) is 11.3 Å². The molecule has 0 spiro atoms. The van der Waals surface area contributed by atoms with Crippen molar-refractivity contribution in [2.75, 3.05) is 0 Å². The summed E-state index contributed by atoms with van der Waals surface area (Å²) in [6.45, 7) is 5.81. The fourth-order valence-corrected chi connectivity index (χ4v) is 4.59. The van der Waals surface area contributed by atoms with E-state index in [1.807, 2.05) is 13.0 Å². The number of nitrogens with zero attached hydrogens (tertiary/aromatic N) is 3. The van der Waals surface area contributed by atoms with Crippen LogP contribution in [0, 0.1) is 0 Å². The third kappa shape index (κ3) is 3.34. The Labute approximate surface area is 170 Å². The van der Waals surface area contributed by atoms with Crippen LogP contribution in [0.25, 0.3) is 22.5 Å². The van der Waals surface area contributed by atoms with Crippen LogP contribution < -0.4 is 11.1 Å². The largest absolute Gasteiger partial charge is 0.328 e. The molecule has 1 aliphatic carbocycles. The molecule has 0 bridgehead atoms. The molecule has 0 radical (unpaired) electrons. The lowest BCUT2D eigenvalue weighted by Gasteiger charge is -2.41. The molecule has 1 aliphatic rings. The van der Waals surface area contributed by atoms with E-state index in [1.165, 1.54) is 11.3 Å². The fourth-order valence-electron chi connectivity index (χ4n) is 3.60. The fraction of sp³-hybridized carbons (Fsp3) is 0.350. The Hall–Kier alpha value is -2.65. The van der Waals surface area contributed by atoms with Crippen LogP contribution in [-0.4, -0.2) is 32.1 Å². The molecular formula is C20H21F2N5OS. The first-order valence-corrected chi connectivity index (χ1v) is 10.1. The number of thiophene rings is 1. The molecule has 3 N–H and O–H groups in total. The van der Waals surface area contributed by atoms with E-state index in [9.17, 15) is 13.6 Å². The maximum atomic E-state index is 14.4. The van der Waals surface area contributed by atoms with Gasteiger partial charge in [0.2, 0.25) is 0 Å². The third-order valence-electron chi connectivity index (χ3n) is 5.20. The molecule has 3 aromatic rings. The smallest absolute Gasteiger partial charge is 0.283 e. The van der Waals surface area contributed by atoms with E-state index in [0.29, 0.717) is 24.2 Å². The van der Waals surface area contributed by atoms with Gasteiger partial charge in [-0.25, -0.2) is 18.3 Å². The number of imidazole rings is 1. The van der Waals surface area contributed by atoms with Gasteiger partial charge in [-0.2, -0.15) is 5.10 Å². The number of aromatic nitrogens is 3. The van der Waals surface area contributed by atoms with Gasteiger partial charge in [0, 0.05) is 23.1 Å². The molecule has 1 atom stereocenters. The molecule has 0 aromatic carbocycles. The van der Waals surface area contributed by atoms with Gasteiger partial charge in [-0.3, -0.25) is 4.79 Å². The van der Waals surface area contributed by atoms with Crippen molar-refractivity contribution in [1.82, 2.24) is 19.9 Å². The summed E-state index contributed by atoms with van der Waals surface area (Å²) in [7, 11) is 0. The molecule has 0 saturated heterocycles. The van der Waals surface area contributed by atoms with Gasteiger partial charge >= 0.3 is 0 Å². The predicted octanol–water partition coefficient (Wildman–Crippen LogP) is 4.09. The molecule has 3 aromatic heterocycles. The Bertz CT molecular complexity index is 1110. The van der Waals surface area contributed by atoms with E-state index in [2.05, 4.69) is 22.0 Å². The van der Waals surface area contributed by atoms with Gasteiger partial charge in [-0.05, 0) is 50.0 Å². The van der Waals surface area contributed by atoms with Crippen molar-refractivity contribution in [2.45, 2.75) is 44.2 Å². The Morgan fingerprint density at radius 2 is 2.14 bits per heavy atom. The van der Waals surface area contributed by atoms with Crippen LogP contribution in [0.4, 0.5) is 8.78 Å². The van der Waals surface area contributed by atoms with Crippen molar-refractivity contribution in [3.05, 3.63) is 46.9 Å². The number of carbonyl (C=O) groups excluding carboxylic acids is 1. The molecule has 1 amide bonds. The van der Waals surface area contributed by atoms with Crippen molar-refractivity contribution in [1.29, 1.82) is 0 Å². The quantitative estimate of drug-likeness (QED) is 0.627. The first-order valence-electron chi connectivity index (χ1n) is 9.30. The number of nitrogens with two attached hydrogens (primary N) is 1. The zero-order valence-corrected chi connectivity index (χ0v) is 16.7. The average molecular weight is 417 g/mol. The first-order chi connectivity index (χ1) is 13.7. The second kappa shape index (κ2) is 7.00. The van der Waals surface area contributed by atoms with Crippen LogP contribution in [0.3, 0.4) is 0 Å². The highest BCUT2D eigenvalue weighted by Gasteiger charge is 2.53. The van der Waals surface area contributed by atoms with E-state index in [1.54, 1.807) is 29.0 Å². The number of hydrogen-bond acceptors (Lipinski definition) is 5. The summed E-state index contributed by atoms with van der Waals surface area (Å²) in [6, 6.07) is 5.26. The summed E-state index contributed by atoms with van der Waals surface area (Å²) in [5, 5.41) is 6.70. The van der Waals surface area contributed by atoms with Crippen LogP contribution in [-0.2, 0) is 0 Å². The van der Waals surface area contributed by atoms with E-state index in [4.69, 9.17) is 5.73 Å². The SMILES string of the molecule is C=C(C)c1sc(C(=O)NC2(N)CCCCC2(F)F)cc1-c1cnc2cccnn12. The number of halogens is 2. The minimum atomic E-state index is -3.15.